The molecule has 4 aromatic rings. The molecule has 0 fully saturated rings. The van der Waals surface area contributed by atoms with Gasteiger partial charge in [0.15, 0.2) is 0 Å². The summed E-state index contributed by atoms with van der Waals surface area (Å²) in [5.41, 5.74) is 4.89. The number of aromatic nitrogens is 1. The molecule has 4 N–H and O–H groups in total. The van der Waals surface area contributed by atoms with Crippen LogP contribution in [-0.2, 0) is 16.4 Å². The van der Waals surface area contributed by atoms with Crippen LogP contribution in [0.5, 0.6) is 5.75 Å². The standard InChI is InChI=1S/C31H32N4O5S.ClH/c1-21-7-11-26(12-8-21)34-31(37)35-41(38,39)28-6-2-4-22(17-28)23-10-14-30-24(16-23)9-13-27(40-30)19-33-20-29(36)25-5-3-15-32-18-25;/h2-8,10-12,14-18,27,29,33,36H,9,13,19-20H2,1H3,(H2,34,35,37);1H/t27-,29+;/m1./s1. The van der Waals surface area contributed by atoms with Crippen LogP contribution in [-0.4, -0.2) is 43.7 Å². The molecule has 220 valence electrons. The smallest absolute Gasteiger partial charge is 0.333 e. The molecule has 0 unspecified atom stereocenters. The van der Waals surface area contributed by atoms with Gasteiger partial charge in [0.1, 0.15) is 11.9 Å². The van der Waals surface area contributed by atoms with Gasteiger partial charge in [0.2, 0.25) is 0 Å². The highest BCUT2D eigenvalue weighted by molar-refractivity contribution is 7.90. The summed E-state index contributed by atoms with van der Waals surface area (Å²) in [7, 11) is -4.09. The first-order valence-corrected chi connectivity index (χ1v) is 14.8. The molecule has 0 radical (unpaired) electrons. The number of halogens is 1. The largest absolute Gasteiger partial charge is 0.489 e. The number of aliphatic hydroxyl groups is 1. The Labute approximate surface area is 251 Å². The van der Waals surface area contributed by atoms with Crippen LogP contribution in [0.15, 0.2) is 96.2 Å². The third-order valence-corrected chi connectivity index (χ3v) is 8.21. The number of aliphatic hydroxyl groups excluding tert-OH is 1. The average molecular weight is 609 g/mol. The molecule has 5 rings (SSSR count). The van der Waals surface area contributed by atoms with Crippen molar-refractivity contribution in [2.24, 2.45) is 0 Å². The summed E-state index contributed by atoms with van der Waals surface area (Å²) in [6, 6.07) is 22.1. The second kappa shape index (κ2) is 13.8. The van der Waals surface area contributed by atoms with E-state index in [2.05, 4.69) is 20.3 Å². The minimum atomic E-state index is -4.09. The third kappa shape index (κ3) is 7.86. The number of nitrogens with zero attached hydrogens (tertiary/aromatic N) is 1. The van der Waals surface area contributed by atoms with E-state index in [1.165, 1.54) is 6.07 Å². The summed E-state index contributed by atoms with van der Waals surface area (Å²) in [6.45, 7) is 2.92. The number of hydrogen-bond acceptors (Lipinski definition) is 7. The highest BCUT2D eigenvalue weighted by Gasteiger charge is 2.22. The molecule has 1 aliphatic rings. The van der Waals surface area contributed by atoms with Crippen molar-refractivity contribution in [2.45, 2.75) is 36.9 Å². The second-order valence-corrected chi connectivity index (χ2v) is 11.7. The average Bonchev–Trinajstić information content (AvgIpc) is 2.98. The van der Waals surface area contributed by atoms with Gasteiger partial charge in [0.05, 0.1) is 11.0 Å². The van der Waals surface area contributed by atoms with Gasteiger partial charge in [-0.3, -0.25) is 4.98 Å². The maximum Gasteiger partial charge on any atom is 0.333 e. The summed E-state index contributed by atoms with van der Waals surface area (Å²) in [4.78, 5) is 16.4. The van der Waals surface area contributed by atoms with Gasteiger partial charge in [0.25, 0.3) is 10.0 Å². The van der Waals surface area contributed by atoms with Crippen molar-refractivity contribution >= 4 is 34.1 Å². The van der Waals surface area contributed by atoms with E-state index in [-0.39, 0.29) is 23.4 Å². The minimum absolute atomic E-state index is 0. The van der Waals surface area contributed by atoms with Crippen molar-refractivity contribution in [3.8, 4) is 16.9 Å². The molecule has 0 spiro atoms. The van der Waals surface area contributed by atoms with Crippen molar-refractivity contribution in [2.75, 3.05) is 18.4 Å². The molecule has 42 heavy (non-hydrogen) atoms. The van der Waals surface area contributed by atoms with Crippen LogP contribution in [0, 0.1) is 6.92 Å². The molecule has 0 saturated carbocycles. The molecule has 1 aromatic heterocycles. The van der Waals surface area contributed by atoms with Gasteiger partial charge in [0, 0.05) is 36.7 Å². The molecule has 9 nitrogen and oxygen atoms in total. The van der Waals surface area contributed by atoms with Gasteiger partial charge >= 0.3 is 6.03 Å². The van der Waals surface area contributed by atoms with Crippen molar-refractivity contribution < 1.29 is 23.1 Å². The van der Waals surface area contributed by atoms with Crippen LogP contribution in [0.1, 0.15) is 29.2 Å². The number of aryl methyl sites for hydroxylation is 2. The topological polar surface area (TPSA) is 130 Å². The van der Waals surface area contributed by atoms with Crippen LogP contribution in [0.2, 0.25) is 0 Å². The molecular weight excluding hydrogens is 576 g/mol. The number of anilines is 1. The van der Waals surface area contributed by atoms with Crippen LogP contribution in [0.25, 0.3) is 11.1 Å². The zero-order valence-corrected chi connectivity index (χ0v) is 24.6. The van der Waals surface area contributed by atoms with Crippen molar-refractivity contribution in [3.05, 3.63) is 108 Å². The SMILES string of the molecule is Cc1ccc(NC(=O)NS(=O)(=O)c2cccc(-c3ccc4c(c3)CC[C@H](CNC[C@H](O)c3cccnc3)O4)c2)cc1.Cl. The maximum absolute atomic E-state index is 12.9. The Morgan fingerprint density at radius 3 is 2.60 bits per heavy atom. The van der Waals surface area contributed by atoms with Gasteiger partial charge in [-0.2, -0.15) is 0 Å². The van der Waals surface area contributed by atoms with E-state index in [0.29, 0.717) is 24.3 Å². The predicted octanol–water partition coefficient (Wildman–Crippen LogP) is 5.01. The number of nitrogens with one attached hydrogen (secondary N) is 3. The summed E-state index contributed by atoms with van der Waals surface area (Å²) >= 11 is 0. The van der Waals surface area contributed by atoms with Crippen molar-refractivity contribution in [3.63, 3.8) is 0 Å². The first-order chi connectivity index (χ1) is 19.8. The number of amides is 2. The van der Waals surface area contributed by atoms with E-state index in [9.17, 15) is 18.3 Å². The van der Waals surface area contributed by atoms with Gasteiger partial charge < -0.3 is 20.5 Å². The number of carbonyl (C=O) groups is 1. The van der Waals surface area contributed by atoms with E-state index in [1.54, 1.807) is 42.7 Å². The fraction of sp³-hybridized carbons (Fsp3) is 0.226. The number of urea groups is 1. The highest BCUT2D eigenvalue weighted by Crippen LogP contribution is 2.32. The Balaban J connectivity index is 0.00000405. The molecule has 0 bridgehead atoms. The fourth-order valence-corrected chi connectivity index (χ4v) is 5.61. The van der Waals surface area contributed by atoms with Gasteiger partial charge in [-0.05, 0) is 78.9 Å². The quantitative estimate of drug-likeness (QED) is 0.210. The monoisotopic (exact) mass is 608 g/mol. The number of rotatable bonds is 9. The Bertz CT molecular complexity index is 1620. The Morgan fingerprint density at radius 1 is 1.05 bits per heavy atom. The van der Waals surface area contributed by atoms with Crippen LogP contribution >= 0.6 is 12.4 Å². The molecular formula is C31H33ClN4O5S. The lowest BCUT2D eigenvalue weighted by molar-refractivity contribution is 0.146. The second-order valence-electron chi connectivity index (χ2n) is 10.0. The molecule has 1 aliphatic heterocycles. The normalized spacial score (nSPS) is 15.0. The molecule has 11 heteroatoms. The fourth-order valence-electron chi connectivity index (χ4n) is 4.66. The van der Waals surface area contributed by atoms with E-state index in [0.717, 1.165) is 40.8 Å². The van der Waals surface area contributed by atoms with Gasteiger partial charge in [-0.1, -0.05) is 42.0 Å². The predicted molar refractivity (Wildman–Crippen MR) is 164 cm³/mol. The highest BCUT2D eigenvalue weighted by atomic mass is 35.5. The lowest BCUT2D eigenvalue weighted by Crippen LogP contribution is -2.36. The zero-order chi connectivity index (χ0) is 28.8. The van der Waals surface area contributed by atoms with Crippen LogP contribution in [0.4, 0.5) is 10.5 Å². The lowest BCUT2D eigenvalue weighted by atomic mass is 9.97. The van der Waals surface area contributed by atoms with Crippen molar-refractivity contribution in [1.82, 2.24) is 15.0 Å². The molecule has 2 atom stereocenters. The molecule has 2 amide bonds. The number of hydrogen-bond donors (Lipinski definition) is 4. The van der Waals surface area contributed by atoms with Crippen LogP contribution in [0.3, 0.4) is 0 Å². The first-order valence-electron chi connectivity index (χ1n) is 13.4. The van der Waals surface area contributed by atoms with E-state index in [4.69, 9.17) is 4.74 Å². The summed E-state index contributed by atoms with van der Waals surface area (Å²) < 4.78 is 34.1. The zero-order valence-electron chi connectivity index (χ0n) is 23.0. The summed E-state index contributed by atoms with van der Waals surface area (Å²) in [6.07, 6.45) is 4.27. The first kappa shape index (κ1) is 31.0. The number of fused-ring (bicyclic) bond motifs is 1. The maximum atomic E-state index is 12.9. The summed E-state index contributed by atoms with van der Waals surface area (Å²) in [5, 5.41) is 16.1. The Hall–Kier alpha value is -3.96. The Kier molecular flexibility index (Phi) is 10.2. The molecule has 3 aromatic carbocycles. The lowest BCUT2D eigenvalue weighted by Gasteiger charge is -2.27. The summed E-state index contributed by atoms with van der Waals surface area (Å²) in [5.74, 6) is 0.790. The number of pyridine rings is 1. The molecule has 2 heterocycles. The van der Waals surface area contributed by atoms with E-state index >= 15 is 0 Å². The van der Waals surface area contributed by atoms with Gasteiger partial charge in [-0.15, -0.1) is 12.4 Å². The number of benzene rings is 3. The van der Waals surface area contributed by atoms with E-state index in [1.807, 2.05) is 49.4 Å². The van der Waals surface area contributed by atoms with Gasteiger partial charge in [-0.25, -0.2) is 17.9 Å². The number of sulfonamides is 1. The third-order valence-electron chi connectivity index (χ3n) is 6.88. The Morgan fingerprint density at radius 2 is 1.83 bits per heavy atom. The minimum Gasteiger partial charge on any atom is -0.489 e. The molecule has 0 saturated heterocycles. The van der Waals surface area contributed by atoms with Crippen molar-refractivity contribution in [1.29, 1.82) is 0 Å². The number of carbonyl (C=O) groups excluding carboxylic acids is 1. The van der Waals surface area contributed by atoms with E-state index < -0.39 is 22.2 Å². The molecule has 0 aliphatic carbocycles. The van der Waals surface area contributed by atoms with Crippen LogP contribution < -0.4 is 20.1 Å². The number of ether oxygens (including phenoxy) is 1.